The first-order valence-electron chi connectivity index (χ1n) is 6.08. The van der Waals surface area contributed by atoms with E-state index >= 15 is 0 Å². The van der Waals surface area contributed by atoms with Gasteiger partial charge < -0.3 is 15.8 Å². The van der Waals surface area contributed by atoms with Gasteiger partial charge in [-0.3, -0.25) is 4.79 Å². The Labute approximate surface area is 116 Å². The average molecular weight is 288 g/mol. The fraction of sp³-hybridized carbons (Fsp3) is 0.800. The van der Waals surface area contributed by atoms with Crippen LogP contribution in [0.25, 0.3) is 0 Å². The maximum Gasteiger partial charge on any atom is 0.233 e. The monoisotopic (exact) mass is 288 g/mol. The van der Waals surface area contributed by atoms with Crippen molar-refractivity contribution in [2.75, 3.05) is 26.8 Å². The van der Waals surface area contributed by atoms with Gasteiger partial charge in [-0.1, -0.05) is 11.8 Å². The maximum absolute atomic E-state index is 11.8. The Morgan fingerprint density at radius 3 is 3.11 bits per heavy atom. The first kappa shape index (κ1) is 15.9. The minimum atomic E-state index is -0.259. The highest BCUT2D eigenvalue weighted by Gasteiger charge is 2.17. The number of carbonyl (C=O) groups is 1. The van der Waals surface area contributed by atoms with Gasteiger partial charge in [-0.15, -0.1) is 5.10 Å². The van der Waals surface area contributed by atoms with Gasteiger partial charge in [0, 0.05) is 26.8 Å². The SMILES string of the molecule is COCCCNC(=O)C(C)Sc1nnnn1CCN. The van der Waals surface area contributed by atoms with Crippen LogP contribution in [0.1, 0.15) is 13.3 Å². The number of carbonyl (C=O) groups excluding carboxylic acids is 1. The Bertz CT molecular complexity index is 386. The van der Waals surface area contributed by atoms with Crippen molar-refractivity contribution in [2.45, 2.75) is 30.3 Å². The smallest absolute Gasteiger partial charge is 0.233 e. The lowest BCUT2D eigenvalue weighted by Gasteiger charge is -2.11. The van der Waals surface area contributed by atoms with E-state index in [1.54, 1.807) is 11.8 Å². The number of amides is 1. The number of nitrogens with zero attached hydrogens (tertiary/aromatic N) is 4. The molecule has 0 spiro atoms. The number of tetrazole rings is 1. The van der Waals surface area contributed by atoms with E-state index in [2.05, 4.69) is 20.8 Å². The van der Waals surface area contributed by atoms with Gasteiger partial charge in [0.15, 0.2) is 0 Å². The Morgan fingerprint density at radius 1 is 1.63 bits per heavy atom. The molecule has 1 heterocycles. The highest BCUT2D eigenvalue weighted by molar-refractivity contribution is 8.00. The van der Waals surface area contributed by atoms with Crippen molar-refractivity contribution in [1.29, 1.82) is 0 Å². The molecule has 0 aliphatic heterocycles. The molecule has 0 aliphatic rings. The van der Waals surface area contributed by atoms with Crippen molar-refractivity contribution in [2.24, 2.45) is 5.73 Å². The Kier molecular flexibility index (Phi) is 7.38. The van der Waals surface area contributed by atoms with Crippen molar-refractivity contribution in [1.82, 2.24) is 25.5 Å². The third-order valence-electron chi connectivity index (χ3n) is 2.32. The molecule has 1 rings (SSSR count). The van der Waals surface area contributed by atoms with Crippen LogP contribution in [0.4, 0.5) is 0 Å². The summed E-state index contributed by atoms with van der Waals surface area (Å²) < 4.78 is 6.51. The molecule has 0 aliphatic carbocycles. The van der Waals surface area contributed by atoms with Crippen LogP contribution in [0.2, 0.25) is 0 Å². The maximum atomic E-state index is 11.8. The number of aromatic nitrogens is 4. The highest BCUT2D eigenvalue weighted by atomic mass is 32.2. The van der Waals surface area contributed by atoms with Gasteiger partial charge in [0.25, 0.3) is 0 Å². The molecule has 0 fully saturated rings. The van der Waals surface area contributed by atoms with Crippen LogP contribution in [-0.2, 0) is 16.1 Å². The predicted octanol–water partition coefficient (Wildman–Crippen LogP) is -0.735. The van der Waals surface area contributed by atoms with Gasteiger partial charge in [0.1, 0.15) is 0 Å². The fourth-order valence-corrected chi connectivity index (χ4v) is 2.17. The van der Waals surface area contributed by atoms with Gasteiger partial charge in [-0.05, 0) is 23.8 Å². The molecule has 108 valence electrons. The number of methoxy groups -OCH3 is 1. The molecule has 1 aromatic heterocycles. The topological polar surface area (TPSA) is 108 Å². The number of hydrogen-bond acceptors (Lipinski definition) is 7. The second-order valence-corrected chi connectivity index (χ2v) is 5.18. The van der Waals surface area contributed by atoms with Crippen LogP contribution in [0, 0.1) is 0 Å². The molecule has 1 aromatic rings. The van der Waals surface area contributed by atoms with Crippen LogP contribution in [-0.4, -0.2) is 58.2 Å². The van der Waals surface area contributed by atoms with Crippen molar-refractivity contribution >= 4 is 17.7 Å². The summed E-state index contributed by atoms with van der Waals surface area (Å²) in [5.74, 6) is -0.0385. The number of nitrogens with two attached hydrogens (primary N) is 1. The van der Waals surface area contributed by atoms with Crippen molar-refractivity contribution in [3.8, 4) is 0 Å². The summed E-state index contributed by atoms with van der Waals surface area (Å²) in [6.45, 7) is 4.05. The fourth-order valence-electron chi connectivity index (χ4n) is 1.33. The molecule has 1 atom stereocenters. The molecule has 1 amide bonds. The molecular weight excluding hydrogens is 268 g/mol. The van der Waals surface area contributed by atoms with Crippen LogP contribution >= 0.6 is 11.8 Å². The number of hydrogen-bond donors (Lipinski definition) is 2. The number of thioether (sulfide) groups is 1. The van der Waals surface area contributed by atoms with Crippen LogP contribution < -0.4 is 11.1 Å². The Morgan fingerprint density at radius 2 is 2.42 bits per heavy atom. The molecule has 0 bridgehead atoms. The average Bonchev–Trinajstić information content (AvgIpc) is 2.82. The number of nitrogens with one attached hydrogen (secondary N) is 1. The summed E-state index contributed by atoms with van der Waals surface area (Å²) in [4.78, 5) is 11.8. The molecule has 3 N–H and O–H groups in total. The van der Waals surface area contributed by atoms with Crippen molar-refractivity contribution in [3.63, 3.8) is 0 Å². The van der Waals surface area contributed by atoms with Gasteiger partial charge in [0.05, 0.1) is 11.8 Å². The summed E-state index contributed by atoms with van der Waals surface area (Å²) in [5.41, 5.74) is 5.46. The Balaban J connectivity index is 2.38. The normalized spacial score (nSPS) is 12.4. The van der Waals surface area contributed by atoms with E-state index in [1.807, 2.05) is 6.92 Å². The third-order valence-corrected chi connectivity index (χ3v) is 3.39. The lowest BCUT2D eigenvalue weighted by atomic mass is 10.4. The van der Waals surface area contributed by atoms with E-state index in [9.17, 15) is 4.79 Å². The molecule has 19 heavy (non-hydrogen) atoms. The van der Waals surface area contributed by atoms with Crippen LogP contribution in [0.3, 0.4) is 0 Å². The zero-order valence-electron chi connectivity index (χ0n) is 11.2. The van der Waals surface area contributed by atoms with Crippen molar-refractivity contribution in [3.05, 3.63) is 0 Å². The first-order chi connectivity index (χ1) is 9.19. The van der Waals surface area contributed by atoms with E-state index in [4.69, 9.17) is 10.5 Å². The molecule has 0 saturated heterocycles. The molecule has 0 saturated carbocycles. The quantitative estimate of drug-likeness (QED) is 0.455. The molecular formula is C10H20N6O2S. The second kappa shape index (κ2) is 8.83. The van der Waals surface area contributed by atoms with Crippen molar-refractivity contribution < 1.29 is 9.53 Å². The second-order valence-electron chi connectivity index (χ2n) is 3.87. The highest BCUT2D eigenvalue weighted by Crippen LogP contribution is 2.19. The third kappa shape index (κ3) is 5.53. The lowest BCUT2D eigenvalue weighted by molar-refractivity contribution is -0.120. The van der Waals surface area contributed by atoms with E-state index in [0.717, 1.165) is 6.42 Å². The van der Waals surface area contributed by atoms with Crippen LogP contribution in [0.5, 0.6) is 0 Å². The zero-order chi connectivity index (χ0) is 14.1. The minimum Gasteiger partial charge on any atom is -0.385 e. The number of ether oxygens (including phenoxy) is 1. The standard InChI is InChI=1S/C10H20N6O2S/c1-8(9(17)12-5-3-7-18-2)19-10-13-14-15-16(10)6-4-11/h8H,3-7,11H2,1-2H3,(H,12,17). The van der Waals surface area contributed by atoms with E-state index in [0.29, 0.717) is 31.4 Å². The Hall–Kier alpha value is -1.19. The zero-order valence-corrected chi connectivity index (χ0v) is 12.0. The van der Waals surface area contributed by atoms with E-state index in [-0.39, 0.29) is 11.2 Å². The molecule has 1 unspecified atom stereocenters. The molecule has 0 radical (unpaired) electrons. The van der Waals surface area contributed by atoms with Gasteiger partial charge >= 0.3 is 0 Å². The molecule has 0 aromatic carbocycles. The summed E-state index contributed by atoms with van der Waals surface area (Å²) in [6.07, 6.45) is 0.796. The largest absolute Gasteiger partial charge is 0.385 e. The van der Waals surface area contributed by atoms with E-state index in [1.165, 1.54) is 11.8 Å². The van der Waals surface area contributed by atoms with Gasteiger partial charge in [0.2, 0.25) is 11.1 Å². The van der Waals surface area contributed by atoms with E-state index < -0.39 is 0 Å². The minimum absolute atomic E-state index is 0.0385. The number of rotatable bonds is 9. The predicted molar refractivity (Wildman–Crippen MR) is 71.7 cm³/mol. The van der Waals surface area contributed by atoms with Gasteiger partial charge in [-0.25, -0.2) is 4.68 Å². The summed E-state index contributed by atoms with van der Waals surface area (Å²) in [5, 5.41) is 14.4. The first-order valence-corrected chi connectivity index (χ1v) is 6.96. The lowest BCUT2D eigenvalue weighted by Crippen LogP contribution is -2.32. The molecule has 8 nitrogen and oxygen atoms in total. The van der Waals surface area contributed by atoms with Crippen LogP contribution in [0.15, 0.2) is 5.16 Å². The van der Waals surface area contributed by atoms with Gasteiger partial charge in [-0.2, -0.15) is 0 Å². The summed E-state index contributed by atoms with van der Waals surface area (Å²) >= 11 is 1.32. The molecule has 9 heteroatoms. The summed E-state index contributed by atoms with van der Waals surface area (Å²) in [6, 6.07) is 0. The summed E-state index contributed by atoms with van der Waals surface area (Å²) in [7, 11) is 1.64.